The number of hydrogen-bond donors (Lipinski definition) is 1. The molecule has 1 N–H and O–H groups in total. The first kappa shape index (κ1) is 24.6. The Morgan fingerprint density at radius 2 is 1.19 bits per heavy atom. The van der Waals surface area contributed by atoms with Gasteiger partial charge in [0.25, 0.3) is 0 Å². The largest absolute Gasteiger partial charge is 0.494 e. The molecule has 0 fully saturated rings. The van der Waals surface area contributed by atoms with Crippen molar-refractivity contribution in [2.24, 2.45) is 0 Å². The SMILES string of the molecule is CCCCCCCCCCCCOc1ccc(-c2ccc(C(=O)CC(=O)O)cc2)cc1. The van der Waals surface area contributed by atoms with Crippen molar-refractivity contribution in [2.45, 2.75) is 77.6 Å². The number of benzene rings is 2. The van der Waals surface area contributed by atoms with E-state index in [0.29, 0.717) is 5.56 Å². The second kappa shape index (κ2) is 14.4. The molecular weight excluding hydrogens is 388 g/mol. The summed E-state index contributed by atoms with van der Waals surface area (Å²) >= 11 is 0. The number of Topliss-reactive ketones (excluding diaryl/α,β-unsaturated/α-hetero) is 1. The molecule has 0 aliphatic rings. The summed E-state index contributed by atoms with van der Waals surface area (Å²) in [5, 5.41) is 8.73. The zero-order valence-electron chi connectivity index (χ0n) is 18.8. The first-order valence-corrected chi connectivity index (χ1v) is 11.7. The van der Waals surface area contributed by atoms with Crippen molar-refractivity contribution in [1.82, 2.24) is 0 Å². The number of carboxylic acid groups (broad SMARTS) is 1. The molecule has 0 spiro atoms. The van der Waals surface area contributed by atoms with Crippen LogP contribution in [0.4, 0.5) is 0 Å². The third kappa shape index (κ3) is 9.82. The fourth-order valence-corrected chi connectivity index (χ4v) is 3.61. The molecule has 31 heavy (non-hydrogen) atoms. The van der Waals surface area contributed by atoms with Gasteiger partial charge in [-0.05, 0) is 29.7 Å². The fraction of sp³-hybridized carbons (Fsp3) is 0.481. The van der Waals surface area contributed by atoms with Gasteiger partial charge in [0.15, 0.2) is 5.78 Å². The highest BCUT2D eigenvalue weighted by Gasteiger charge is 2.10. The summed E-state index contributed by atoms with van der Waals surface area (Å²) in [4.78, 5) is 22.5. The van der Waals surface area contributed by atoms with E-state index >= 15 is 0 Å². The first-order chi connectivity index (χ1) is 15.1. The molecule has 0 saturated heterocycles. The van der Waals surface area contributed by atoms with E-state index < -0.39 is 12.4 Å². The number of hydrogen-bond acceptors (Lipinski definition) is 3. The minimum absolute atomic E-state index is 0.380. The second-order valence-electron chi connectivity index (χ2n) is 8.13. The van der Waals surface area contributed by atoms with E-state index in [0.717, 1.165) is 29.9 Å². The second-order valence-corrected chi connectivity index (χ2v) is 8.13. The third-order valence-electron chi connectivity index (χ3n) is 5.47. The quantitative estimate of drug-likeness (QED) is 0.174. The molecule has 168 valence electrons. The standard InChI is InChI=1S/C27H36O4/c1-2-3-4-5-6-7-8-9-10-11-20-31-25-18-16-23(17-19-25)22-12-14-24(15-13-22)26(28)21-27(29)30/h12-19H,2-11,20-21H2,1H3,(H,29,30). The molecule has 0 aliphatic carbocycles. The summed E-state index contributed by atoms with van der Waals surface area (Å²) in [6.45, 7) is 3.00. The van der Waals surface area contributed by atoms with E-state index in [4.69, 9.17) is 9.84 Å². The van der Waals surface area contributed by atoms with Crippen LogP contribution in [-0.2, 0) is 4.79 Å². The number of unbranched alkanes of at least 4 members (excludes halogenated alkanes) is 9. The van der Waals surface area contributed by atoms with Gasteiger partial charge in [-0.1, -0.05) is 101 Å². The average Bonchev–Trinajstić information content (AvgIpc) is 2.77. The Hall–Kier alpha value is -2.62. The Morgan fingerprint density at radius 1 is 0.710 bits per heavy atom. The molecular formula is C27H36O4. The number of carboxylic acids is 1. The molecule has 0 radical (unpaired) electrons. The van der Waals surface area contributed by atoms with E-state index in [1.165, 1.54) is 57.8 Å². The van der Waals surface area contributed by atoms with E-state index in [9.17, 15) is 9.59 Å². The van der Waals surface area contributed by atoms with Crippen LogP contribution in [-0.4, -0.2) is 23.5 Å². The van der Waals surface area contributed by atoms with Crippen molar-refractivity contribution in [3.63, 3.8) is 0 Å². The molecule has 0 aromatic heterocycles. The minimum atomic E-state index is -1.11. The summed E-state index contributed by atoms with van der Waals surface area (Å²) in [7, 11) is 0. The number of ether oxygens (including phenoxy) is 1. The highest BCUT2D eigenvalue weighted by Crippen LogP contribution is 2.23. The molecule has 4 heteroatoms. The molecule has 2 rings (SSSR count). The van der Waals surface area contributed by atoms with Gasteiger partial charge in [0, 0.05) is 5.56 Å². The summed E-state index contributed by atoms with van der Waals surface area (Å²) in [6, 6.07) is 15.0. The summed E-state index contributed by atoms with van der Waals surface area (Å²) < 4.78 is 5.86. The monoisotopic (exact) mass is 424 g/mol. The van der Waals surface area contributed by atoms with Gasteiger partial charge in [0.1, 0.15) is 12.2 Å². The predicted octanol–water partition coefficient (Wildman–Crippen LogP) is 7.31. The van der Waals surface area contributed by atoms with E-state index in [1.807, 2.05) is 36.4 Å². The number of rotatable bonds is 16. The highest BCUT2D eigenvalue weighted by molar-refractivity contribution is 6.05. The minimum Gasteiger partial charge on any atom is -0.494 e. The molecule has 2 aromatic rings. The lowest BCUT2D eigenvalue weighted by molar-refractivity contribution is -0.135. The van der Waals surface area contributed by atoms with Crippen LogP contribution >= 0.6 is 0 Å². The van der Waals surface area contributed by atoms with Gasteiger partial charge in [-0.25, -0.2) is 0 Å². The smallest absolute Gasteiger partial charge is 0.311 e. The zero-order valence-corrected chi connectivity index (χ0v) is 18.8. The Balaban J connectivity index is 1.64. The van der Waals surface area contributed by atoms with E-state index in [2.05, 4.69) is 6.92 Å². The molecule has 0 bridgehead atoms. The fourth-order valence-electron chi connectivity index (χ4n) is 3.61. The van der Waals surface area contributed by atoms with Crippen LogP contribution in [0.25, 0.3) is 11.1 Å². The van der Waals surface area contributed by atoms with Crippen molar-refractivity contribution >= 4 is 11.8 Å². The van der Waals surface area contributed by atoms with Crippen molar-refractivity contribution < 1.29 is 19.4 Å². The lowest BCUT2D eigenvalue weighted by Gasteiger charge is -2.08. The van der Waals surface area contributed by atoms with Gasteiger partial charge in [-0.3, -0.25) is 9.59 Å². The molecule has 0 saturated carbocycles. The molecule has 2 aromatic carbocycles. The predicted molar refractivity (Wildman–Crippen MR) is 126 cm³/mol. The lowest BCUT2D eigenvalue weighted by Crippen LogP contribution is -2.06. The normalized spacial score (nSPS) is 10.7. The van der Waals surface area contributed by atoms with E-state index in [-0.39, 0.29) is 5.78 Å². The van der Waals surface area contributed by atoms with Crippen molar-refractivity contribution in [1.29, 1.82) is 0 Å². The van der Waals surface area contributed by atoms with Crippen LogP contribution in [0, 0.1) is 0 Å². The lowest BCUT2D eigenvalue weighted by atomic mass is 10.0. The molecule has 0 atom stereocenters. The van der Waals surface area contributed by atoms with Crippen LogP contribution in [0.3, 0.4) is 0 Å². The topological polar surface area (TPSA) is 63.6 Å². The maximum absolute atomic E-state index is 11.8. The van der Waals surface area contributed by atoms with Crippen LogP contribution < -0.4 is 4.74 Å². The van der Waals surface area contributed by atoms with Crippen molar-refractivity contribution in [3.8, 4) is 16.9 Å². The summed E-state index contributed by atoms with van der Waals surface area (Å²) in [5.41, 5.74) is 2.43. The Labute approximate surface area is 186 Å². The van der Waals surface area contributed by atoms with Gasteiger partial charge < -0.3 is 9.84 Å². The Bertz CT molecular complexity index is 778. The molecule has 0 amide bonds. The van der Waals surface area contributed by atoms with Crippen molar-refractivity contribution in [2.75, 3.05) is 6.61 Å². The maximum atomic E-state index is 11.8. The molecule has 0 aliphatic heterocycles. The number of aliphatic carboxylic acids is 1. The molecule has 0 heterocycles. The summed E-state index contributed by atoms with van der Waals surface area (Å²) in [5.74, 6) is -0.620. The number of ketones is 1. The van der Waals surface area contributed by atoms with Gasteiger partial charge >= 0.3 is 5.97 Å². The number of carbonyl (C=O) groups is 2. The molecule has 0 unspecified atom stereocenters. The average molecular weight is 425 g/mol. The van der Waals surface area contributed by atoms with Crippen LogP contribution in [0.1, 0.15) is 87.9 Å². The Kier molecular flexibility index (Phi) is 11.4. The zero-order chi connectivity index (χ0) is 22.3. The van der Waals surface area contributed by atoms with Crippen molar-refractivity contribution in [3.05, 3.63) is 54.1 Å². The third-order valence-corrected chi connectivity index (χ3v) is 5.47. The van der Waals surface area contributed by atoms with Crippen LogP contribution in [0.15, 0.2) is 48.5 Å². The Morgan fingerprint density at radius 3 is 1.71 bits per heavy atom. The highest BCUT2D eigenvalue weighted by atomic mass is 16.5. The number of carbonyl (C=O) groups excluding carboxylic acids is 1. The molecule has 4 nitrogen and oxygen atoms in total. The van der Waals surface area contributed by atoms with Crippen LogP contribution in [0.5, 0.6) is 5.75 Å². The van der Waals surface area contributed by atoms with Gasteiger partial charge in [-0.2, -0.15) is 0 Å². The van der Waals surface area contributed by atoms with Gasteiger partial charge in [0.05, 0.1) is 6.61 Å². The first-order valence-electron chi connectivity index (χ1n) is 11.7. The van der Waals surface area contributed by atoms with Crippen LogP contribution in [0.2, 0.25) is 0 Å². The van der Waals surface area contributed by atoms with E-state index in [1.54, 1.807) is 12.1 Å². The van der Waals surface area contributed by atoms with Gasteiger partial charge in [0.2, 0.25) is 0 Å². The van der Waals surface area contributed by atoms with Gasteiger partial charge in [-0.15, -0.1) is 0 Å². The summed E-state index contributed by atoms with van der Waals surface area (Å²) in [6.07, 6.45) is 12.7. The maximum Gasteiger partial charge on any atom is 0.311 e.